The summed E-state index contributed by atoms with van der Waals surface area (Å²) in [6.07, 6.45) is 10.2. The van der Waals surface area contributed by atoms with Crippen molar-refractivity contribution in [3.8, 4) is 0 Å². The molecule has 2 bridgehead atoms. The van der Waals surface area contributed by atoms with Crippen LogP contribution in [0.2, 0.25) is 0 Å². The zero-order chi connectivity index (χ0) is 9.76. The average molecular weight is 190 g/mol. The third-order valence-electron chi connectivity index (χ3n) is 4.65. The molecule has 0 aromatic heterocycles. The van der Waals surface area contributed by atoms with Gasteiger partial charge >= 0.3 is 0 Å². The lowest BCUT2D eigenvalue weighted by atomic mass is 9.51. The fraction of sp³-hybridized carbons (Fsp3) is 0.692. The first kappa shape index (κ1) is 8.72. The number of aliphatic hydroxyl groups is 1. The Hall–Kier alpha value is -0.560. The number of rotatable bonds is 0. The first-order valence-electron chi connectivity index (χ1n) is 5.75. The van der Waals surface area contributed by atoms with Gasteiger partial charge in [0.05, 0.1) is 6.10 Å². The van der Waals surface area contributed by atoms with Crippen LogP contribution >= 0.6 is 0 Å². The number of allylic oxidation sites excluding steroid dienone is 2. The van der Waals surface area contributed by atoms with E-state index in [9.17, 15) is 5.11 Å². The van der Waals surface area contributed by atoms with Crippen LogP contribution in [0.25, 0.3) is 0 Å². The van der Waals surface area contributed by atoms with Gasteiger partial charge in [-0.25, -0.2) is 0 Å². The molecule has 4 unspecified atom stereocenters. The maximum Gasteiger partial charge on any atom is 0.0724 e. The second-order valence-corrected chi connectivity index (χ2v) is 5.40. The molecule has 76 valence electrons. The molecule has 0 aliphatic heterocycles. The highest BCUT2D eigenvalue weighted by Crippen LogP contribution is 2.59. The van der Waals surface area contributed by atoms with E-state index in [-0.39, 0.29) is 6.10 Å². The Morgan fingerprint density at radius 1 is 1.43 bits per heavy atom. The van der Waals surface area contributed by atoms with Gasteiger partial charge in [-0.05, 0) is 49.4 Å². The molecule has 0 aromatic carbocycles. The quantitative estimate of drug-likeness (QED) is 0.582. The molecule has 0 saturated heterocycles. The van der Waals surface area contributed by atoms with Gasteiger partial charge in [-0.3, -0.25) is 0 Å². The van der Waals surface area contributed by atoms with Crippen molar-refractivity contribution in [3.05, 3.63) is 24.3 Å². The predicted octanol–water partition coefficient (Wildman–Crippen LogP) is 2.67. The van der Waals surface area contributed by atoms with E-state index in [1.54, 1.807) is 0 Å². The maximum atomic E-state index is 9.63. The fourth-order valence-corrected chi connectivity index (χ4v) is 3.80. The Labute approximate surface area is 85.5 Å². The SMILES string of the molecule is C=C1CC23C=CC(O)CC2CC1CC3. The molecule has 1 heteroatoms. The van der Waals surface area contributed by atoms with E-state index in [1.807, 2.05) is 6.08 Å². The van der Waals surface area contributed by atoms with Gasteiger partial charge in [-0.1, -0.05) is 24.3 Å². The minimum Gasteiger partial charge on any atom is -0.389 e. The summed E-state index contributed by atoms with van der Waals surface area (Å²) in [5.41, 5.74) is 1.86. The summed E-state index contributed by atoms with van der Waals surface area (Å²) >= 11 is 0. The molecule has 1 spiro atoms. The maximum absolute atomic E-state index is 9.63. The monoisotopic (exact) mass is 190 g/mol. The van der Waals surface area contributed by atoms with Crippen molar-refractivity contribution in [3.63, 3.8) is 0 Å². The van der Waals surface area contributed by atoms with Gasteiger partial charge in [0, 0.05) is 0 Å². The number of fused-ring (bicyclic) bond motifs is 2. The predicted molar refractivity (Wildman–Crippen MR) is 56.8 cm³/mol. The normalized spacial score (nSPS) is 50.6. The molecular weight excluding hydrogens is 172 g/mol. The van der Waals surface area contributed by atoms with E-state index >= 15 is 0 Å². The molecule has 0 radical (unpaired) electrons. The van der Waals surface area contributed by atoms with Crippen molar-refractivity contribution in [2.75, 3.05) is 0 Å². The van der Waals surface area contributed by atoms with Crippen LogP contribution in [-0.2, 0) is 0 Å². The minimum absolute atomic E-state index is 0.182. The van der Waals surface area contributed by atoms with Crippen LogP contribution < -0.4 is 0 Å². The van der Waals surface area contributed by atoms with Gasteiger partial charge in [0.2, 0.25) is 0 Å². The fourth-order valence-electron chi connectivity index (χ4n) is 3.80. The van der Waals surface area contributed by atoms with E-state index in [4.69, 9.17) is 0 Å². The molecule has 14 heavy (non-hydrogen) atoms. The van der Waals surface area contributed by atoms with Crippen LogP contribution in [-0.4, -0.2) is 11.2 Å². The molecule has 0 amide bonds. The number of hydrogen-bond acceptors (Lipinski definition) is 1. The first-order valence-corrected chi connectivity index (χ1v) is 5.75. The summed E-state index contributed by atoms with van der Waals surface area (Å²) in [7, 11) is 0. The molecule has 1 nitrogen and oxygen atoms in total. The highest BCUT2D eigenvalue weighted by Gasteiger charge is 2.49. The summed E-state index contributed by atoms with van der Waals surface area (Å²) in [6.45, 7) is 4.21. The third-order valence-corrected chi connectivity index (χ3v) is 4.65. The third kappa shape index (κ3) is 1.05. The van der Waals surface area contributed by atoms with Crippen LogP contribution in [0.3, 0.4) is 0 Å². The molecule has 4 aliphatic rings. The summed E-state index contributed by atoms with van der Waals surface area (Å²) in [5, 5.41) is 9.63. The van der Waals surface area contributed by atoms with E-state index in [1.165, 1.54) is 31.3 Å². The van der Waals surface area contributed by atoms with Crippen molar-refractivity contribution in [1.29, 1.82) is 0 Å². The number of aliphatic hydroxyl groups excluding tert-OH is 1. The highest BCUT2D eigenvalue weighted by atomic mass is 16.3. The van der Waals surface area contributed by atoms with Crippen molar-refractivity contribution in [1.82, 2.24) is 0 Å². The van der Waals surface area contributed by atoms with Gasteiger partial charge in [-0.15, -0.1) is 0 Å². The lowest BCUT2D eigenvalue weighted by molar-refractivity contribution is 0.0298. The Morgan fingerprint density at radius 2 is 2.29 bits per heavy atom. The molecule has 4 atom stereocenters. The van der Waals surface area contributed by atoms with Crippen LogP contribution in [0.15, 0.2) is 24.3 Å². The second-order valence-electron chi connectivity index (χ2n) is 5.40. The van der Waals surface area contributed by atoms with Gasteiger partial charge in [0.25, 0.3) is 0 Å². The smallest absolute Gasteiger partial charge is 0.0724 e. The van der Waals surface area contributed by atoms with E-state index < -0.39 is 0 Å². The Morgan fingerprint density at radius 3 is 3.07 bits per heavy atom. The zero-order valence-electron chi connectivity index (χ0n) is 8.58. The Bertz CT molecular complexity index is 304. The molecule has 3 fully saturated rings. The van der Waals surface area contributed by atoms with Crippen LogP contribution in [0.4, 0.5) is 0 Å². The topological polar surface area (TPSA) is 20.2 Å². The van der Waals surface area contributed by atoms with E-state index in [2.05, 4.69) is 12.7 Å². The summed E-state index contributed by atoms with van der Waals surface area (Å²) in [5.74, 6) is 1.49. The van der Waals surface area contributed by atoms with Crippen molar-refractivity contribution in [2.45, 2.75) is 38.2 Å². The van der Waals surface area contributed by atoms with Gasteiger partial charge in [-0.2, -0.15) is 0 Å². The van der Waals surface area contributed by atoms with Gasteiger partial charge in [0.1, 0.15) is 0 Å². The zero-order valence-corrected chi connectivity index (χ0v) is 8.58. The van der Waals surface area contributed by atoms with Crippen LogP contribution in [0.1, 0.15) is 32.1 Å². The Kier molecular flexibility index (Phi) is 1.70. The minimum atomic E-state index is -0.182. The summed E-state index contributed by atoms with van der Waals surface area (Å²) in [4.78, 5) is 0. The molecular formula is C13H18O. The average Bonchev–Trinajstić information content (AvgIpc) is 2.17. The van der Waals surface area contributed by atoms with Crippen molar-refractivity contribution in [2.24, 2.45) is 17.3 Å². The Balaban J connectivity index is 1.98. The highest BCUT2D eigenvalue weighted by molar-refractivity contribution is 5.24. The first-order chi connectivity index (χ1) is 6.70. The molecule has 0 heterocycles. The molecule has 4 rings (SSSR count). The second kappa shape index (κ2) is 2.73. The van der Waals surface area contributed by atoms with Gasteiger partial charge in [0.15, 0.2) is 0 Å². The standard InChI is InChI=1S/C13H18O/c1-9-8-13-4-2-10(9)6-11(13)7-12(14)3-5-13/h3,5,10-12,14H,1-2,4,6-8H2. The number of hydrogen-bond donors (Lipinski definition) is 1. The van der Waals surface area contributed by atoms with Crippen LogP contribution in [0, 0.1) is 17.3 Å². The lowest BCUT2D eigenvalue weighted by Gasteiger charge is -2.54. The largest absolute Gasteiger partial charge is 0.389 e. The lowest BCUT2D eigenvalue weighted by Crippen LogP contribution is -2.45. The molecule has 4 aliphatic carbocycles. The van der Waals surface area contributed by atoms with Crippen LogP contribution in [0.5, 0.6) is 0 Å². The molecule has 3 saturated carbocycles. The van der Waals surface area contributed by atoms with E-state index in [0.29, 0.717) is 5.41 Å². The summed E-state index contributed by atoms with van der Waals surface area (Å²) in [6, 6.07) is 0. The molecule has 1 N–H and O–H groups in total. The van der Waals surface area contributed by atoms with Crippen molar-refractivity contribution >= 4 is 0 Å². The van der Waals surface area contributed by atoms with E-state index in [0.717, 1.165) is 18.3 Å². The molecule has 0 aromatic rings. The summed E-state index contributed by atoms with van der Waals surface area (Å²) < 4.78 is 0. The van der Waals surface area contributed by atoms with Crippen molar-refractivity contribution < 1.29 is 5.11 Å². The van der Waals surface area contributed by atoms with Gasteiger partial charge < -0.3 is 5.11 Å².